The van der Waals surface area contributed by atoms with Crippen LogP contribution in [0.15, 0.2) is 0 Å². The first-order valence-corrected chi connectivity index (χ1v) is 7.15. The number of hydrogen-bond acceptors (Lipinski definition) is 1. The molecule has 0 aliphatic heterocycles. The fourth-order valence-electron chi connectivity index (χ4n) is 1.88. The zero-order chi connectivity index (χ0) is 12.4. The lowest BCUT2D eigenvalue weighted by molar-refractivity contribution is 0.356. The van der Waals surface area contributed by atoms with Crippen LogP contribution in [0.3, 0.4) is 0 Å². The molecule has 1 nitrogen and oxygen atoms in total. The van der Waals surface area contributed by atoms with Crippen molar-refractivity contribution >= 4 is 0 Å². The highest BCUT2D eigenvalue weighted by Gasteiger charge is 2.08. The predicted octanol–water partition coefficient (Wildman–Crippen LogP) is 4.76. The maximum absolute atomic E-state index is 3.47. The number of unbranched alkanes of at least 4 members (excludes halogenated alkanes) is 5. The van der Waals surface area contributed by atoms with Gasteiger partial charge in [-0.3, -0.25) is 0 Å². The Labute approximate surface area is 103 Å². The van der Waals surface area contributed by atoms with Crippen LogP contribution in [0.2, 0.25) is 0 Å². The van der Waals surface area contributed by atoms with Gasteiger partial charge in [-0.05, 0) is 24.8 Å². The van der Waals surface area contributed by atoms with Crippen molar-refractivity contribution in [2.24, 2.45) is 5.41 Å². The Kier molecular flexibility index (Phi) is 9.02. The summed E-state index contributed by atoms with van der Waals surface area (Å²) in [4.78, 5) is 0. The molecule has 0 radical (unpaired) electrons. The Hall–Kier alpha value is -0.0400. The quantitative estimate of drug-likeness (QED) is 0.560. The molecule has 0 saturated carbocycles. The smallest absolute Gasteiger partial charge is 0.00103 e. The monoisotopic (exact) mass is 227 g/mol. The van der Waals surface area contributed by atoms with Crippen LogP contribution in [-0.2, 0) is 0 Å². The van der Waals surface area contributed by atoms with Crippen molar-refractivity contribution in [3.63, 3.8) is 0 Å². The van der Waals surface area contributed by atoms with Crippen molar-refractivity contribution < 1.29 is 0 Å². The van der Waals surface area contributed by atoms with Gasteiger partial charge in [-0.2, -0.15) is 0 Å². The molecule has 16 heavy (non-hydrogen) atoms. The minimum Gasteiger partial charge on any atom is -0.315 e. The molecule has 0 aliphatic rings. The first kappa shape index (κ1) is 16.0. The Morgan fingerprint density at radius 1 is 0.812 bits per heavy atom. The third kappa shape index (κ3) is 14.0. The van der Waals surface area contributed by atoms with E-state index in [1.807, 2.05) is 0 Å². The highest BCUT2D eigenvalue weighted by Crippen LogP contribution is 2.22. The zero-order valence-electron chi connectivity index (χ0n) is 12.2. The molecule has 1 heteroatoms. The molecular weight excluding hydrogens is 194 g/mol. The van der Waals surface area contributed by atoms with Crippen LogP contribution < -0.4 is 5.32 Å². The van der Waals surface area contributed by atoms with E-state index in [2.05, 4.69) is 39.9 Å². The van der Waals surface area contributed by atoms with Crippen LogP contribution in [0.1, 0.15) is 79.6 Å². The van der Waals surface area contributed by atoms with Gasteiger partial charge in [0.2, 0.25) is 0 Å². The predicted molar refractivity (Wildman–Crippen MR) is 74.9 cm³/mol. The maximum Gasteiger partial charge on any atom is 0.00103 e. The van der Waals surface area contributed by atoms with Crippen LogP contribution >= 0.6 is 0 Å². The highest BCUT2D eigenvalue weighted by atomic mass is 14.9. The lowest BCUT2D eigenvalue weighted by Gasteiger charge is -2.17. The van der Waals surface area contributed by atoms with Gasteiger partial charge in [0.15, 0.2) is 0 Å². The van der Waals surface area contributed by atoms with Crippen molar-refractivity contribution in [2.75, 3.05) is 6.54 Å². The van der Waals surface area contributed by atoms with Crippen molar-refractivity contribution in [1.82, 2.24) is 5.32 Å². The summed E-state index contributed by atoms with van der Waals surface area (Å²) in [5.41, 5.74) is 0.529. The molecule has 0 rings (SSSR count). The Morgan fingerprint density at radius 3 is 1.81 bits per heavy atom. The number of hydrogen-bond donors (Lipinski definition) is 1. The highest BCUT2D eigenvalue weighted by molar-refractivity contribution is 4.61. The summed E-state index contributed by atoms with van der Waals surface area (Å²) in [6.45, 7) is 12.6. The van der Waals surface area contributed by atoms with E-state index in [9.17, 15) is 0 Å². The molecule has 0 bridgehead atoms. The van der Waals surface area contributed by atoms with Gasteiger partial charge in [0.25, 0.3) is 0 Å². The summed E-state index contributed by atoms with van der Waals surface area (Å²) in [5, 5.41) is 3.47. The maximum atomic E-state index is 3.47. The summed E-state index contributed by atoms with van der Waals surface area (Å²) in [6.07, 6.45) is 9.80. The van der Waals surface area contributed by atoms with E-state index in [0.29, 0.717) is 11.5 Å². The first-order chi connectivity index (χ1) is 7.42. The van der Waals surface area contributed by atoms with Crippen molar-refractivity contribution in [1.29, 1.82) is 0 Å². The summed E-state index contributed by atoms with van der Waals surface area (Å²) in [6, 6.07) is 0.645. The molecule has 0 aromatic heterocycles. The average molecular weight is 227 g/mol. The van der Waals surface area contributed by atoms with Crippen LogP contribution in [0.4, 0.5) is 0 Å². The standard InChI is InChI=1S/C15H33N/c1-14(2)16-13-11-9-7-6-8-10-12-15(3,4)5/h14,16H,6-13H2,1-5H3. The molecule has 0 atom stereocenters. The van der Waals surface area contributed by atoms with E-state index in [1.54, 1.807) is 0 Å². The van der Waals surface area contributed by atoms with Crippen molar-refractivity contribution in [3.05, 3.63) is 0 Å². The number of nitrogens with one attached hydrogen (secondary N) is 1. The third-order valence-electron chi connectivity index (χ3n) is 2.91. The lowest BCUT2D eigenvalue weighted by Crippen LogP contribution is -2.23. The molecule has 0 heterocycles. The third-order valence-corrected chi connectivity index (χ3v) is 2.91. The molecular formula is C15H33N. The molecule has 0 unspecified atom stereocenters. The largest absolute Gasteiger partial charge is 0.315 e. The average Bonchev–Trinajstić information content (AvgIpc) is 2.13. The molecule has 1 N–H and O–H groups in total. The second-order valence-corrected chi connectivity index (χ2v) is 6.54. The molecule has 0 aromatic carbocycles. The fourth-order valence-corrected chi connectivity index (χ4v) is 1.88. The minimum atomic E-state index is 0.529. The zero-order valence-corrected chi connectivity index (χ0v) is 12.2. The second kappa shape index (κ2) is 9.04. The van der Waals surface area contributed by atoms with Crippen LogP contribution in [0.25, 0.3) is 0 Å². The van der Waals surface area contributed by atoms with E-state index >= 15 is 0 Å². The van der Waals surface area contributed by atoms with Gasteiger partial charge < -0.3 is 5.32 Å². The van der Waals surface area contributed by atoms with Crippen LogP contribution in [0, 0.1) is 5.41 Å². The molecule has 0 fully saturated rings. The normalized spacial score (nSPS) is 12.4. The van der Waals surface area contributed by atoms with Crippen molar-refractivity contribution in [3.8, 4) is 0 Å². The van der Waals surface area contributed by atoms with E-state index in [-0.39, 0.29) is 0 Å². The van der Waals surface area contributed by atoms with Gasteiger partial charge in [-0.1, -0.05) is 66.7 Å². The summed E-state index contributed by atoms with van der Waals surface area (Å²) < 4.78 is 0. The van der Waals surface area contributed by atoms with Gasteiger partial charge in [0.05, 0.1) is 0 Å². The Bertz CT molecular complexity index is 144. The molecule has 0 aromatic rings. The second-order valence-electron chi connectivity index (χ2n) is 6.54. The first-order valence-electron chi connectivity index (χ1n) is 7.15. The summed E-state index contributed by atoms with van der Waals surface area (Å²) in [7, 11) is 0. The fraction of sp³-hybridized carbons (Fsp3) is 1.00. The molecule has 0 spiro atoms. The SMILES string of the molecule is CC(C)NCCCCCCCCC(C)(C)C. The van der Waals surface area contributed by atoms with Gasteiger partial charge in [-0.15, -0.1) is 0 Å². The van der Waals surface area contributed by atoms with E-state index in [1.165, 1.54) is 51.5 Å². The molecule has 0 saturated heterocycles. The van der Waals surface area contributed by atoms with Gasteiger partial charge >= 0.3 is 0 Å². The number of rotatable bonds is 9. The van der Waals surface area contributed by atoms with Crippen LogP contribution in [-0.4, -0.2) is 12.6 Å². The van der Waals surface area contributed by atoms with Gasteiger partial charge in [-0.25, -0.2) is 0 Å². The van der Waals surface area contributed by atoms with Crippen molar-refractivity contribution in [2.45, 2.75) is 85.6 Å². The minimum absolute atomic E-state index is 0.529. The van der Waals surface area contributed by atoms with E-state index in [0.717, 1.165) is 0 Å². The molecule has 0 amide bonds. The summed E-state index contributed by atoms with van der Waals surface area (Å²) >= 11 is 0. The topological polar surface area (TPSA) is 12.0 Å². The van der Waals surface area contributed by atoms with E-state index < -0.39 is 0 Å². The Morgan fingerprint density at radius 2 is 1.31 bits per heavy atom. The lowest BCUT2D eigenvalue weighted by atomic mass is 9.89. The van der Waals surface area contributed by atoms with Gasteiger partial charge in [0.1, 0.15) is 0 Å². The van der Waals surface area contributed by atoms with Gasteiger partial charge in [0, 0.05) is 6.04 Å². The Balaban J connectivity index is 3.05. The van der Waals surface area contributed by atoms with E-state index in [4.69, 9.17) is 0 Å². The molecule has 98 valence electrons. The summed E-state index contributed by atoms with van der Waals surface area (Å²) in [5.74, 6) is 0. The molecule has 0 aliphatic carbocycles. The van der Waals surface area contributed by atoms with Crippen LogP contribution in [0.5, 0.6) is 0 Å².